The van der Waals surface area contributed by atoms with Crippen molar-refractivity contribution in [2.45, 2.75) is 6.17 Å². The van der Waals surface area contributed by atoms with Gasteiger partial charge in [0.2, 0.25) is 5.78 Å². The number of nitrogens with two attached hydrogens (primary N) is 1. The summed E-state index contributed by atoms with van der Waals surface area (Å²) in [6, 6.07) is 13.0. The quantitative estimate of drug-likeness (QED) is 0.830. The first-order valence-electron chi connectivity index (χ1n) is 6.28. The molecule has 19 heavy (non-hydrogen) atoms. The summed E-state index contributed by atoms with van der Waals surface area (Å²) in [6.07, 6.45) is 1.88. The zero-order valence-corrected chi connectivity index (χ0v) is 11.3. The number of benzene rings is 1. The molecule has 0 bridgehead atoms. The van der Waals surface area contributed by atoms with E-state index >= 15 is 0 Å². The van der Waals surface area contributed by atoms with Crippen LogP contribution in [0.5, 0.6) is 0 Å². The number of ketones is 1. The van der Waals surface area contributed by atoms with Crippen LogP contribution >= 0.6 is 0 Å². The van der Waals surface area contributed by atoms with E-state index in [1.54, 1.807) is 0 Å². The van der Waals surface area contributed by atoms with E-state index in [4.69, 9.17) is 5.73 Å². The Morgan fingerprint density at radius 3 is 2.47 bits per heavy atom. The Bertz CT molecular complexity index is 546. The largest absolute Gasteiger partial charge is 0.327 e. The van der Waals surface area contributed by atoms with Gasteiger partial charge in [0.25, 0.3) is 0 Å². The summed E-state index contributed by atoms with van der Waals surface area (Å²) in [7, 11) is 3.91. The first-order chi connectivity index (χ1) is 9.15. The third kappa shape index (κ3) is 2.75. The van der Waals surface area contributed by atoms with E-state index in [1.807, 2.05) is 72.2 Å². The summed E-state index contributed by atoms with van der Waals surface area (Å²) < 4.78 is 1.93. The molecule has 0 amide bonds. The number of carbonyl (C=O) groups is 1. The van der Waals surface area contributed by atoms with Crippen LogP contribution < -0.4 is 5.73 Å². The van der Waals surface area contributed by atoms with Gasteiger partial charge >= 0.3 is 0 Å². The molecule has 2 rings (SSSR count). The van der Waals surface area contributed by atoms with Crippen LogP contribution in [0.25, 0.3) is 0 Å². The molecule has 2 N–H and O–H groups in total. The third-order valence-corrected chi connectivity index (χ3v) is 3.18. The first kappa shape index (κ1) is 13.5. The molecule has 1 aromatic heterocycles. The van der Waals surface area contributed by atoms with Crippen LogP contribution in [0.15, 0.2) is 48.7 Å². The SMILES string of the molecule is CN(C)C(CN)n1cccc1C(=O)c1ccccc1. The average Bonchev–Trinajstić information content (AvgIpc) is 2.88. The van der Waals surface area contributed by atoms with Gasteiger partial charge in [0.05, 0.1) is 11.9 Å². The summed E-state index contributed by atoms with van der Waals surface area (Å²) in [5.74, 6) is 0.0194. The van der Waals surface area contributed by atoms with Crippen LogP contribution in [0.3, 0.4) is 0 Å². The minimum Gasteiger partial charge on any atom is -0.327 e. The van der Waals surface area contributed by atoms with Gasteiger partial charge in [-0.05, 0) is 26.2 Å². The monoisotopic (exact) mass is 257 g/mol. The molecule has 100 valence electrons. The molecule has 1 aromatic carbocycles. The number of hydrogen-bond donors (Lipinski definition) is 1. The fraction of sp³-hybridized carbons (Fsp3) is 0.267. The Balaban J connectivity index is 2.37. The zero-order valence-electron chi connectivity index (χ0n) is 11.3. The van der Waals surface area contributed by atoms with E-state index in [-0.39, 0.29) is 11.9 Å². The van der Waals surface area contributed by atoms with Gasteiger partial charge in [-0.25, -0.2) is 0 Å². The maximum Gasteiger partial charge on any atom is 0.209 e. The number of aromatic nitrogens is 1. The molecule has 1 unspecified atom stereocenters. The lowest BCUT2D eigenvalue weighted by atomic mass is 10.1. The van der Waals surface area contributed by atoms with Crippen molar-refractivity contribution in [2.75, 3.05) is 20.6 Å². The predicted molar refractivity (Wildman–Crippen MR) is 76.1 cm³/mol. The number of hydrogen-bond acceptors (Lipinski definition) is 3. The van der Waals surface area contributed by atoms with Gasteiger partial charge in [0, 0.05) is 18.3 Å². The lowest BCUT2D eigenvalue weighted by molar-refractivity contribution is 0.102. The Labute approximate surface area is 113 Å². The Kier molecular flexibility index (Phi) is 4.14. The van der Waals surface area contributed by atoms with Crippen molar-refractivity contribution >= 4 is 5.78 Å². The van der Waals surface area contributed by atoms with Crippen molar-refractivity contribution in [3.05, 3.63) is 59.9 Å². The first-order valence-corrected chi connectivity index (χ1v) is 6.28. The van der Waals surface area contributed by atoms with Crippen LogP contribution in [0.4, 0.5) is 0 Å². The van der Waals surface area contributed by atoms with Gasteiger partial charge in [-0.3, -0.25) is 9.69 Å². The highest BCUT2D eigenvalue weighted by atomic mass is 16.1. The molecule has 0 radical (unpaired) electrons. The summed E-state index contributed by atoms with van der Waals surface area (Å²) in [5.41, 5.74) is 7.15. The fourth-order valence-corrected chi connectivity index (χ4v) is 2.16. The standard InChI is InChI=1S/C15H19N3O/c1-17(2)14(11-16)18-10-6-9-13(18)15(19)12-7-4-3-5-8-12/h3-10,14H,11,16H2,1-2H3. The highest BCUT2D eigenvalue weighted by Crippen LogP contribution is 2.16. The minimum atomic E-state index is -0.0161. The summed E-state index contributed by atoms with van der Waals surface area (Å²) >= 11 is 0. The molecular formula is C15H19N3O. The third-order valence-electron chi connectivity index (χ3n) is 3.18. The van der Waals surface area contributed by atoms with Crippen molar-refractivity contribution in [3.63, 3.8) is 0 Å². The normalized spacial score (nSPS) is 12.6. The lowest BCUT2D eigenvalue weighted by Gasteiger charge is -2.26. The van der Waals surface area contributed by atoms with Crippen LogP contribution in [0.2, 0.25) is 0 Å². The van der Waals surface area contributed by atoms with E-state index in [9.17, 15) is 4.79 Å². The minimum absolute atomic E-state index is 0.0161. The molecule has 0 aliphatic rings. The van der Waals surface area contributed by atoms with Crippen LogP contribution in [-0.4, -0.2) is 35.9 Å². The van der Waals surface area contributed by atoms with Gasteiger partial charge < -0.3 is 10.3 Å². The molecule has 0 saturated carbocycles. The van der Waals surface area contributed by atoms with E-state index in [0.29, 0.717) is 17.8 Å². The van der Waals surface area contributed by atoms with Crippen LogP contribution in [0, 0.1) is 0 Å². The van der Waals surface area contributed by atoms with E-state index in [1.165, 1.54) is 0 Å². The summed E-state index contributed by atoms with van der Waals surface area (Å²) in [6.45, 7) is 0.455. The second-order valence-electron chi connectivity index (χ2n) is 4.68. The molecule has 2 aromatic rings. The highest BCUT2D eigenvalue weighted by molar-refractivity contribution is 6.08. The molecule has 0 aliphatic carbocycles. The molecule has 0 aliphatic heterocycles. The van der Waals surface area contributed by atoms with Crippen molar-refractivity contribution in [2.24, 2.45) is 5.73 Å². The molecule has 4 nitrogen and oxygen atoms in total. The second kappa shape index (κ2) is 5.82. The van der Waals surface area contributed by atoms with Crippen molar-refractivity contribution in [1.29, 1.82) is 0 Å². The molecule has 0 fully saturated rings. The van der Waals surface area contributed by atoms with Crippen LogP contribution in [0.1, 0.15) is 22.2 Å². The van der Waals surface area contributed by atoms with Crippen molar-refractivity contribution in [3.8, 4) is 0 Å². The molecule has 0 saturated heterocycles. The van der Waals surface area contributed by atoms with Gasteiger partial charge in [-0.1, -0.05) is 30.3 Å². The molecular weight excluding hydrogens is 238 g/mol. The van der Waals surface area contributed by atoms with Gasteiger partial charge in [-0.2, -0.15) is 0 Å². The molecule has 0 spiro atoms. The van der Waals surface area contributed by atoms with Crippen molar-refractivity contribution in [1.82, 2.24) is 9.47 Å². The number of likely N-dealkylation sites (N-methyl/N-ethyl adjacent to an activating group) is 1. The summed E-state index contributed by atoms with van der Waals surface area (Å²) in [4.78, 5) is 14.5. The maximum atomic E-state index is 12.5. The van der Waals surface area contributed by atoms with Gasteiger partial charge in [0.15, 0.2) is 0 Å². The zero-order chi connectivity index (χ0) is 13.8. The average molecular weight is 257 g/mol. The lowest BCUT2D eigenvalue weighted by Crippen LogP contribution is -2.33. The van der Waals surface area contributed by atoms with Crippen LogP contribution in [-0.2, 0) is 0 Å². The van der Waals surface area contributed by atoms with Gasteiger partial charge in [-0.15, -0.1) is 0 Å². The Morgan fingerprint density at radius 2 is 1.89 bits per heavy atom. The highest BCUT2D eigenvalue weighted by Gasteiger charge is 2.19. The van der Waals surface area contributed by atoms with Crippen molar-refractivity contribution < 1.29 is 4.79 Å². The van der Waals surface area contributed by atoms with E-state index in [0.717, 1.165) is 0 Å². The smallest absolute Gasteiger partial charge is 0.209 e. The van der Waals surface area contributed by atoms with E-state index < -0.39 is 0 Å². The second-order valence-corrected chi connectivity index (χ2v) is 4.68. The molecule has 1 atom stereocenters. The number of rotatable bonds is 5. The molecule has 4 heteroatoms. The van der Waals surface area contributed by atoms with Gasteiger partial charge in [0.1, 0.15) is 0 Å². The summed E-state index contributed by atoms with van der Waals surface area (Å²) in [5, 5.41) is 0. The topological polar surface area (TPSA) is 51.3 Å². The Morgan fingerprint density at radius 1 is 1.21 bits per heavy atom. The Hall–Kier alpha value is -1.91. The predicted octanol–water partition coefficient (Wildman–Crippen LogP) is 1.74. The maximum absolute atomic E-state index is 12.5. The van der Waals surface area contributed by atoms with E-state index in [2.05, 4.69) is 0 Å². The number of carbonyl (C=O) groups excluding carboxylic acids is 1. The fourth-order valence-electron chi connectivity index (χ4n) is 2.16. The molecule has 1 heterocycles. The number of nitrogens with zero attached hydrogens (tertiary/aromatic N) is 2.